The summed E-state index contributed by atoms with van der Waals surface area (Å²) in [5.41, 5.74) is 1.53. The minimum Gasteiger partial charge on any atom is -0.508 e. The third kappa shape index (κ3) is 2.82. The number of hydrogen-bond donors (Lipinski definition) is 2. The van der Waals surface area contributed by atoms with Crippen molar-refractivity contribution in [2.24, 2.45) is 5.18 Å². The van der Waals surface area contributed by atoms with Crippen LogP contribution in [-0.4, -0.2) is 5.11 Å². The lowest BCUT2D eigenvalue weighted by atomic mass is 10.1. The lowest BCUT2D eigenvalue weighted by Gasteiger charge is -2.08. The van der Waals surface area contributed by atoms with Crippen molar-refractivity contribution in [1.82, 2.24) is 0 Å². The Morgan fingerprint density at radius 1 is 1.17 bits per heavy atom. The number of nitroso groups, excluding NO2 is 1. The fourth-order valence-electron chi connectivity index (χ4n) is 1.54. The van der Waals surface area contributed by atoms with Crippen LogP contribution in [-0.2, 0) is 6.54 Å². The van der Waals surface area contributed by atoms with Gasteiger partial charge in [-0.3, -0.25) is 0 Å². The van der Waals surface area contributed by atoms with Gasteiger partial charge in [0.2, 0.25) is 0 Å². The molecule has 2 rings (SSSR count). The van der Waals surface area contributed by atoms with Crippen LogP contribution in [0.2, 0.25) is 0 Å². The molecule has 2 aromatic rings. The molecular formula is C13H11FN2O2. The molecule has 0 aromatic heterocycles. The summed E-state index contributed by atoms with van der Waals surface area (Å²) in [4.78, 5) is 10.4. The first-order valence-corrected chi connectivity index (χ1v) is 5.34. The van der Waals surface area contributed by atoms with Crippen LogP contribution < -0.4 is 5.32 Å². The maximum atomic E-state index is 12.7. The third-order valence-corrected chi connectivity index (χ3v) is 2.50. The second-order valence-corrected chi connectivity index (χ2v) is 3.76. The maximum absolute atomic E-state index is 12.7. The van der Waals surface area contributed by atoms with E-state index in [0.717, 1.165) is 5.69 Å². The summed E-state index contributed by atoms with van der Waals surface area (Å²) in [5, 5.41) is 15.4. The van der Waals surface area contributed by atoms with Gasteiger partial charge in [-0.2, -0.15) is 0 Å². The van der Waals surface area contributed by atoms with Crippen molar-refractivity contribution in [1.29, 1.82) is 0 Å². The summed E-state index contributed by atoms with van der Waals surface area (Å²) in [6.45, 7) is 0.320. The third-order valence-electron chi connectivity index (χ3n) is 2.50. The minimum atomic E-state index is -0.310. The largest absolute Gasteiger partial charge is 0.508 e. The number of anilines is 1. The van der Waals surface area contributed by atoms with Crippen molar-refractivity contribution >= 4 is 11.4 Å². The Labute approximate surface area is 103 Å². The average molecular weight is 246 g/mol. The van der Waals surface area contributed by atoms with E-state index in [2.05, 4.69) is 10.5 Å². The molecule has 0 aliphatic heterocycles. The van der Waals surface area contributed by atoms with Crippen molar-refractivity contribution in [2.75, 3.05) is 5.32 Å². The maximum Gasteiger partial charge on any atom is 0.123 e. The number of aromatic hydroxyl groups is 1. The molecule has 0 bridgehead atoms. The van der Waals surface area contributed by atoms with Gasteiger partial charge in [-0.25, -0.2) is 4.39 Å². The van der Waals surface area contributed by atoms with Crippen LogP contribution in [0.5, 0.6) is 5.75 Å². The molecule has 2 aromatic carbocycles. The highest BCUT2D eigenvalue weighted by Crippen LogP contribution is 2.24. The number of benzene rings is 2. The van der Waals surface area contributed by atoms with E-state index in [0.29, 0.717) is 12.1 Å². The second kappa shape index (κ2) is 5.27. The van der Waals surface area contributed by atoms with Crippen molar-refractivity contribution < 1.29 is 9.50 Å². The summed E-state index contributed by atoms with van der Waals surface area (Å²) in [7, 11) is 0. The van der Waals surface area contributed by atoms with Gasteiger partial charge >= 0.3 is 0 Å². The molecule has 0 saturated carbocycles. The summed E-state index contributed by atoms with van der Waals surface area (Å²) in [6.07, 6.45) is 0. The molecule has 0 unspecified atom stereocenters. The summed E-state index contributed by atoms with van der Waals surface area (Å²) in [5.74, 6) is -0.229. The van der Waals surface area contributed by atoms with Gasteiger partial charge in [0.15, 0.2) is 0 Å². The number of phenols is 1. The van der Waals surface area contributed by atoms with E-state index >= 15 is 0 Å². The Balaban J connectivity index is 2.10. The molecular weight excluding hydrogens is 235 g/mol. The van der Waals surface area contributed by atoms with Gasteiger partial charge in [-0.15, -0.1) is 4.91 Å². The van der Waals surface area contributed by atoms with Gasteiger partial charge in [0, 0.05) is 17.8 Å². The highest BCUT2D eigenvalue weighted by molar-refractivity contribution is 5.49. The second-order valence-electron chi connectivity index (χ2n) is 3.76. The number of rotatable bonds is 4. The van der Waals surface area contributed by atoms with Crippen LogP contribution in [0.15, 0.2) is 47.6 Å². The highest BCUT2D eigenvalue weighted by Gasteiger charge is 2.03. The molecule has 4 nitrogen and oxygen atoms in total. The van der Waals surface area contributed by atoms with Crippen LogP contribution in [0, 0.1) is 10.7 Å². The molecule has 0 saturated heterocycles. The molecule has 0 amide bonds. The molecule has 0 heterocycles. The SMILES string of the molecule is O=Nc1ccc(O)c(CNc2ccc(F)cc2)c1. The Morgan fingerprint density at radius 2 is 1.89 bits per heavy atom. The van der Waals surface area contributed by atoms with Crippen molar-refractivity contribution in [3.63, 3.8) is 0 Å². The Morgan fingerprint density at radius 3 is 2.56 bits per heavy atom. The molecule has 0 aliphatic carbocycles. The first-order chi connectivity index (χ1) is 8.69. The quantitative estimate of drug-likeness (QED) is 0.811. The summed E-state index contributed by atoms with van der Waals surface area (Å²) in [6, 6.07) is 10.2. The van der Waals surface area contributed by atoms with Gasteiger partial charge in [0.25, 0.3) is 0 Å². The summed E-state index contributed by atoms with van der Waals surface area (Å²) >= 11 is 0. The van der Waals surface area contributed by atoms with Gasteiger partial charge in [0.05, 0.1) is 0 Å². The first-order valence-electron chi connectivity index (χ1n) is 5.34. The molecule has 5 heteroatoms. The van der Waals surface area contributed by atoms with E-state index in [4.69, 9.17) is 0 Å². The Bertz CT molecular complexity index is 555. The fourth-order valence-corrected chi connectivity index (χ4v) is 1.54. The topological polar surface area (TPSA) is 61.7 Å². The van der Waals surface area contributed by atoms with E-state index < -0.39 is 0 Å². The first kappa shape index (κ1) is 12.0. The summed E-state index contributed by atoms with van der Waals surface area (Å²) < 4.78 is 12.7. The zero-order valence-electron chi connectivity index (χ0n) is 9.43. The minimum absolute atomic E-state index is 0.0806. The van der Waals surface area contributed by atoms with E-state index in [1.165, 1.54) is 30.3 Å². The molecule has 0 aliphatic rings. The van der Waals surface area contributed by atoms with Gasteiger partial charge < -0.3 is 10.4 Å². The molecule has 18 heavy (non-hydrogen) atoms. The van der Waals surface area contributed by atoms with Crippen molar-refractivity contribution in [3.05, 3.63) is 58.8 Å². The number of hydrogen-bond acceptors (Lipinski definition) is 4. The Hall–Kier alpha value is -2.43. The normalized spacial score (nSPS) is 10.1. The lowest BCUT2D eigenvalue weighted by Crippen LogP contribution is -1.99. The monoisotopic (exact) mass is 246 g/mol. The van der Waals surface area contributed by atoms with Gasteiger partial charge in [-0.1, -0.05) is 0 Å². The van der Waals surface area contributed by atoms with E-state index in [1.807, 2.05) is 0 Å². The molecule has 2 N–H and O–H groups in total. The lowest BCUT2D eigenvalue weighted by molar-refractivity contribution is 0.469. The fraction of sp³-hybridized carbons (Fsp3) is 0.0769. The molecule has 0 atom stereocenters. The van der Waals surface area contributed by atoms with Crippen LogP contribution in [0.25, 0.3) is 0 Å². The number of nitrogens with one attached hydrogen (secondary N) is 1. The number of nitrogens with zero attached hydrogens (tertiary/aromatic N) is 1. The van der Waals surface area contributed by atoms with Gasteiger partial charge in [0.1, 0.15) is 17.3 Å². The number of phenolic OH excluding ortho intramolecular Hbond substituents is 1. The molecule has 92 valence electrons. The van der Waals surface area contributed by atoms with Crippen LogP contribution in [0.4, 0.5) is 15.8 Å². The van der Waals surface area contributed by atoms with Crippen molar-refractivity contribution in [2.45, 2.75) is 6.54 Å². The van der Waals surface area contributed by atoms with Crippen molar-refractivity contribution in [3.8, 4) is 5.75 Å². The van der Waals surface area contributed by atoms with E-state index in [-0.39, 0.29) is 17.3 Å². The van der Waals surface area contributed by atoms with Crippen LogP contribution in [0.3, 0.4) is 0 Å². The Kier molecular flexibility index (Phi) is 3.52. The van der Waals surface area contributed by atoms with E-state index in [1.54, 1.807) is 12.1 Å². The average Bonchev–Trinajstić information content (AvgIpc) is 2.40. The molecule has 0 radical (unpaired) electrons. The number of halogens is 1. The van der Waals surface area contributed by atoms with Gasteiger partial charge in [-0.05, 0) is 47.6 Å². The zero-order valence-corrected chi connectivity index (χ0v) is 9.43. The zero-order chi connectivity index (χ0) is 13.0. The van der Waals surface area contributed by atoms with Crippen LogP contribution in [0.1, 0.15) is 5.56 Å². The van der Waals surface area contributed by atoms with E-state index in [9.17, 15) is 14.4 Å². The smallest absolute Gasteiger partial charge is 0.123 e. The standard InChI is InChI=1S/C13H11FN2O2/c14-10-1-3-11(4-2-10)15-8-9-7-12(16-18)5-6-13(9)17/h1-7,15,17H,8H2. The predicted octanol–water partition coefficient (Wildman–Crippen LogP) is 3.54. The van der Waals surface area contributed by atoms with Crippen LogP contribution >= 0.6 is 0 Å². The highest BCUT2D eigenvalue weighted by atomic mass is 19.1. The molecule has 0 fully saturated rings. The predicted molar refractivity (Wildman–Crippen MR) is 67.3 cm³/mol. The molecule has 0 spiro atoms.